The number of aryl methyl sites for hydroxylation is 2. The highest BCUT2D eigenvalue weighted by atomic mass is 16.4. The number of carboxylic acid groups (broad SMARTS) is 1. The van der Waals surface area contributed by atoms with Crippen LogP contribution >= 0.6 is 0 Å². The van der Waals surface area contributed by atoms with Crippen molar-refractivity contribution < 1.29 is 24.5 Å². The van der Waals surface area contributed by atoms with E-state index in [1.807, 2.05) is 12.1 Å². The van der Waals surface area contributed by atoms with Crippen molar-refractivity contribution >= 4 is 5.97 Å². The molecule has 6 nitrogen and oxygen atoms in total. The lowest BCUT2D eigenvalue weighted by Gasteiger charge is -2.23. The number of aromatic hydroxyl groups is 1. The minimum absolute atomic E-state index is 0.0378. The predicted molar refractivity (Wildman–Crippen MR) is 102 cm³/mol. The summed E-state index contributed by atoms with van der Waals surface area (Å²) in [5.41, 5.74) is 1.02. The fourth-order valence-corrected chi connectivity index (χ4v) is 4.35. The van der Waals surface area contributed by atoms with Crippen LogP contribution in [0.3, 0.4) is 0 Å². The van der Waals surface area contributed by atoms with E-state index in [9.17, 15) is 20.3 Å². The molecule has 1 aliphatic rings. The Bertz CT molecular complexity index is 853. The summed E-state index contributed by atoms with van der Waals surface area (Å²) in [7, 11) is 0. The average molecular weight is 383 g/mol. The van der Waals surface area contributed by atoms with Gasteiger partial charge in [0.05, 0.1) is 18.1 Å². The number of carbonyl (C=O) groups is 1. The molecule has 0 radical (unpaired) electrons. The van der Waals surface area contributed by atoms with Crippen molar-refractivity contribution in [2.45, 2.75) is 44.6 Å². The van der Waals surface area contributed by atoms with E-state index < -0.39 is 12.1 Å². The number of hydrogen-bond donors (Lipinski definition) is 3. The number of hydrogen-bond acceptors (Lipinski definition) is 5. The number of aliphatic hydroxyl groups is 1. The third-order valence-corrected chi connectivity index (χ3v) is 5.73. The molecule has 0 amide bonds. The highest BCUT2D eigenvalue weighted by Gasteiger charge is 2.41. The van der Waals surface area contributed by atoms with Gasteiger partial charge in [-0.15, -0.1) is 0 Å². The Balaban J connectivity index is 1.58. The normalized spacial score (nSPS) is 24.1. The number of furan rings is 1. The van der Waals surface area contributed by atoms with Crippen LogP contribution in [-0.4, -0.2) is 27.4 Å². The SMILES string of the molecule is N#CC1CC(O)[C@H](CCCc2ccc(C(=O)O)o2)[C@H]1CCc1cccc(O)c1. The van der Waals surface area contributed by atoms with Gasteiger partial charge in [0, 0.05) is 6.42 Å². The molecule has 1 aromatic carbocycles. The molecule has 3 rings (SSSR count). The van der Waals surface area contributed by atoms with Gasteiger partial charge in [0.1, 0.15) is 11.5 Å². The number of phenols is 1. The van der Waals surface area contributed by atoms with E-state index >= 15 is 0 Å². The van der Waals surface area contributed by atoms with Crippen LogP contribution in [0.1, 0.15) is 47.6 Å². The van der Waals surface area contributed by atoms with Gasteiger partial charge < -0.3 is 19.7 Å². The Morgan fingerprint density at radius 3 is 2.68 bits per heavy atom. The van der Waals surface area contributed by atoms with E-state index in [4.69, 9.17) is 9.52 Å². The van der Waals surface area contributed by atoms with Gasteiger partial charge in [0.25, 0.3) is 0 Å². The standard InChI is InChI=1S/C22H25NO5/c23-13-15-12-20(25)19(6-2-5-17-8-10-21(28-17)22(26)27)18(15)9-7-14-3-1-4-16(24)11-14/h1,3-4,8,10-11,15,18-20,24-25H,2,5-7,9,12H2,(H,26,27)/t15?,18-,19+,20?/m0/s1. The molecule has 1 fully saturated rings. The van der Waals surface area contributed by atoms with Crippen molar-refractivity contribution in [3.05, 3.63) is 53.5 Å². The first-order valence-corrected chi connectivity index (χ1v) is 9.65. The molecule has 0 bridgehead atoms. The first-order valence-electron chi connectivity index (χ1n) is 9.65. The number of nitriles is 1. The topological polar surface area (TPSA) is 115 Å². The van der Waals surface area contributed by atoms with E-state index in [0.717, 1.165) is 31.2 Å². The molecule has 1 aliphatic carbocycles. The molecule has 1 saturated carbocycles. The molecule has 28 heavy (non-hydrogen) atoms. The second kappa shape index (κ2) is 8.94. The highest BCUT2D eigenvalue weighted by molar-refractivity contribution is 5.84. The zero-order valence-corrected chi connectivity index (χ0v) is 15.6. The van der Waals surface area contributed by atoms with Gasteiger partial charge in [-0.25, -0.2) is 4.79 Å². The third kappa shape index (κ3) is 4.73. The Labute approximate surface area is 164 Å². The quantitative estimate of drug-likeness (QED) is 0.639. The maximum absolute atomic E-state index is 10.9. The van der Waals surface area contributed by atoms with Crippen LogP contribution in [0.25, 0.3) is 0 Å². The van der Waals surface area contributed by atoms with Gasteiger partial charge >= 0.3 is 5.97 Å². The van der Waals surface area contributed by atoms with Gasteiger partial charge in [-0.2, -0.15) is 5.26 Å². The predicted octanol–water partition coefficient (Wildman–Crippen LogP) is 3.78. The van der Waals surface area contributed by atoms with Crippen LogP contribution in [0.4, 0.5) is 0 Å². The summed E-state index contributed by atoms with van der Waals surface area (Å²) in [4.78, 5) is 10.9. The van der Waals surface area contributed by atoms with Gasteiger partial charge in [-0.1, -0.05) is 12.1 Å². The van der Waals surface area contributed by atoms with Crippen LogP contribution < -0.4 is 0 Å². The third-order valence-electron chi connectivity index (χ3n) is 5.73. The van der Waals surface area contributed by atoms with Crippen molar-refractivity contribution in [2.75, 3.05) is 0 Å². The highest BCUT2D eigenvalue weighted by Crippen LogP contribution is 2.42. The first-order chi connectivity index (χ1) is 13.5. The zero-order chi connectivity index (χ0) is 20.1. The van der Waals surface area contributed by atoms with Crippen molar-refractivity contribution in [3.63, 3.8) is 0 Å². The molecule has 1 aromatic heterocycles. The first kappa shape index (κ1) is 20.0. The lowest BCUT2D eigenvalue weighted by Crippen LogP contribution is -2.21. The van der Waals surface area contributed by atoms with Crippen LogP contribution in [0.5, 0.6) is 5.75 Å². The molecular weight excluding hydrogens is 358 g/mol. The Morgan fingerprint density at radius 1 is 1.18 bits per heavy atom. The summed E-state index contributed by atoms with van der Waals surface area (Å²) in [6, 6.07) is 12.6. The number of rotatable bonds is 8. The van der Waals surface area contributed by atoms with Crippen LogP contribution in [0.2, 0.25) is 0 Å². The lowest BCUT2D eigenvalue weighted by molar-refractivity contribution is 0.0660. The van der Waals surface area contributed by atoms with E-state index in [0.29, 0.717) is 18.6 Å². The Hall–Kier alpha value is -2.78. The second-order valence-electron chi connectivity index (χ2n) is 7.54. The molecule has 3 N–H and O–H groups in total. The van der Waals surface area contributed by atoms with Crippen LogP contribution in [0.15, 0.2) is 40.8 Å². The average Bonchev–Trinajstić information content (AvgIpc) is 3.25. The summed E-state index contributed by atoms with van der Waals surface area (Å²) in [5.74, 6) is -0.316. The Morgan fingerprint density at radius 2 is 2.00 bits per heavy atom. The van der Waals surface area contributed by atoms with E-state index in [1.54, 1.807) is 18.2 Å². The van der Waals surface area contributed by atoms with Crippen molar-refractivity contribution in [2.24, 2.45) is 17.8 Å². The Kier molecular flexibility index (Phi) is 6.37. The molecule has 2 aromatic rings. The summed E-state index contributed by atoms with van der Waals surface area (Å²) < 4.78 is 5.28. The van der Waals surface area contributed by atoms with E-state index in [-0.39, 0.29) is 29.3 Å². The number of benzene rings is 1. The fraction of sp³-hybridized carbons (Fsp3) is 0.455. The molecule has 0 spiro atoms. The fourth-order valence-electron chi connectivity index (χ4n) is 4.35. The minimum atomic E-state index is -1.08. The number of aromatic carboxylic acids is 1. The van der Waals surface area contributed by atoms with Crippen molar-refractivity contribution in [1.29, 1.82) is 5.26 Å². The lowest BCUT2D eigenvalue weighted by atomic mass is 9.82. The molecular formula is C22H25NO5. The summed E-state index contributed by atoms with van der Waals surface area (Å²) >= 11 is 0. The number of carboxylic acids is 1. The van der Waals surface area contributed by atoms with E-state index in [1.165, 1.54) is 6.07 Å². The number of aliphatic hydroxyl groups excluding tert-OH is 1. The number of phenolic OH excluding ortho intramolecular Hbond substituents is 1. The molecule has 6 heteroatoms. The second-order valence-corrected chi connectivity index (χ2v) is 7.54. The monoisotopic (exact) mass is 383 g/mol. The van der Waals surface area contributed by atoms with Gasteiger partial charge in [-0.05, 0) is 73.8 Å². The maximum Gasteiger partial charge on any atom is 0.371 e. The molecule has 148 valence electrons. The number of nitrogens with zero attached hydrogens (tertiary/aromatic N) is 1. The molecule has 0 aliphatic heterocycles. The molecule has 2 unspecified atom stereocenters. The summed E-state index contributed by atoms with van der Waals surface area (Å²) in [6.45, 7) is 0. The van der Waals surface area contributed by atoms with Gasteiger partial charge in [0.2, 0.25) is 5.76 Å². The molecule has 1 heterocycles. The largest absolute Gasteiger partial charge is 0.508 e. The summed E-state index contributed by atoms with van der Waals surface area (Å²) in [5, 5.41) is 38.5. The van der Waals surface area contributed by atoms with Crippen molar-refractivity contribution in [3.8, 4) is 11.8 Å². The molecule has 4 atom stereocenters. The van der Waals surface area contributed by atoms with Gasteiger partial charge in [-0.3, -0.25) is 0 Å². The minimum Gasteiger partial charge on any atom is -0.508 e. The van der Waals surface area contributed by atoms with Crippen LogP contribution in [0, 0.1) is 29.1 Å². The van der Waals surface area contributed by atoms with Crippen molar-refractivity contribution in [1.82, 2.24) is 0 Å². The molecule has 0 saturated heterocycles. The maximum atomic E-state index is 10.9. The smallest absolute Gasteiger partial charge is 0.371 e. The van der Waals surface area contributed by atoms with Gasteiger partial charge in [0.15, 0.2) is 0 Å². The van der Waals surface area contributed by atoms with Crippen LogP contribution in [-0.2, 0) is 12.8 Å². The van der Waals surface area contributed by atoms with E-state index in [2.05, 4.69) is 6.07 Å². The summed E-state index contributed by atoms with van der Waals surface area (Å²) in [6.07, 6.45) is 3.66. The zero-order valence-electron chi connectivity index (χ0n) is 15.6.